The number of hydrogen-bond acceptors (Lipinski definition) is 3. The lowest BCUT2D eigenvalue weighted by molar-refractivity contribution is 0.0940. The Labute approximate surface area is 184 Å². The third-order valence-electron chi connectivity index (χ3n) is 5.59. The first kappa shape index (κ1) is 22.6. The fourth-order valence-corrected chi connectivity index (χ4v) is 4.74. The number of carbonyl (C=O) groups is 1. The SMILES string of the molecule is Cc1cc(C)c([C@H](C)NC(=O)c2ccc(N(C)S(=O)(=O)c3ccccc3)cc2)cc1C. The molecule has 0 aliphatic rings. The summed E-state index contributed by atoms with van der Waals surface area (Å²) in [6.45, 7) is 8.14. The van der Waals surface area contributed by atoms with Crippen molar-refractivity contribution in [3.05, 3.63) is 94.5 Å². The maximum Gasteiger partial charge on any atom is 0.264 e. The monoisotopic (exact) mass is 436 g/mol. The van der Waals surface area contributed by atoms with E-state index < -0.39 is 10.0 Å². The van der Waals surface area contributed by atoms with Crippen LogP contribution in [0.1, 0.15) is 45.6 Å². The maximum atomic E-state index is 12.8. The second-order valence-corrected chi connectivity index (χ2v) is 9.79. The van der Waals surface area contributed by atoms with Crippen LogP contribution in [0.15, 0.2) is 71.6 Å². The van der Waals surface area contributed by atoms with Crippen molar-refractivity contribution >= 4 is 21.6 Å². The summed E-state index contributed by atoms with van der Waals surface area (Å²) in [5, 5.41) is 3.03. The Hall–Kier alpha value is -3.12. The van der Waals surface area contributed by atoms with Crippen molar-refractivity contribution < 1.29 is 13.2 Å². The molecule has 1 N–H and O–H groups in total. The summed E-state index contributed by atoms with van der Waals surface area (Å²) in [4.78, 5) is 13.0. The molecule has 0 unspecified atom stereocenters. The van der Waals surface area contributed by atoms with E-state index >= 15 is 0 Å². The van der Waals surface area contributed by atoms with Gasteiger partial charge in [-0.25, -0.2) is 8.42 Å². The number of sulfonamides is 1. The second-order valence-electron chi connectivity index (χ2n) is 7.82. The molecule has 0 bridgehead atoms. The normalized spacial score (nSPS) is 12.3. The first-order chi connectivity index (χ1) is 14.6. The molecule has 0 aliphatic heterocycles. The maximum absolute atomic E-state index is 12.8. The Morgan fingerprint density at radius 1 is 0.871 bits per heavy atom. The Kier molecular flexibility index (Phi) is 6.51. The molecule has 0 aliphatic carbocycles. The van der Waals surface area contributed by atoms with Gasteiger partial charge in [0.2, 0.25) is 0 Å². The number of nitrogens with zero attached hydrogens (tertiary/aromatic N) is 1. The van der Waals surface area contributed by atoms with Crippen LogP contribution in [-0.2, 0) is 10.0 Å². The highest BCUT2D eigenvalue weighted by atomic mass is 32.2. The third-order valence-corrected chi connectivity index (χ3v) is 7.39. The lowest BCUT2D eigenvalue weighted by Gasteiger charge is -2.20. The Morgan fingerprint density at radius 2 is 1.45 bits per heavy atom. The van der Waals surface area contributed by atoms with E-state index in [0.29, 0.717) is 11.3 Å². The summed E-state index contributed by atoms with van der Waals surface area (Å²) in [6, 6.07) is 18.9. The van der Waals surface area contributed by atoms with E-state index in [1.807, 2.05) is 13.8 Å². The van der Waals surface area contributed by atoms with E-state index in [2.05, 4.69) is 31.3 Å². The number of hydrogen-bond donors (Lipinski definition) is 1. The average Bonchev–Trinajstić information content (AvgIpc) is 2.76. The summed E-state index contributed by atoms with van der Waals surface area (Å²) in [5.41, 5.74) is 5.60. The zero-order chi connectivity index (χ0) is 22.8. The number of benzene rings is 3. The van der Waals surface area contributed by atoms with Crippen molar-refractivity contribution in [1.29, 1.82) is 0 Å². The van der Waals surface area contributed by atoms with Crippen molar-refractivity contribution in [2.75, 3.05) is 11.4 Å². The van der Waals surface area contributed by atoms with Crippen LogP contribution in [0.3, 0.4) is 0 Å². The minimum Gasteiger partial charge on any atom is -0.346 e. The predicted molar refractivity (Wildman–Crippen MR) is 125 cm³/mol. The number of nitrogens with one attached hydrogen (secondary N) is 1. The number of amides is 1. The first-order valence-corrected chi connectivity index (χ1v) is 11.6. The van der Waals surface area contributed by atoms with Gasteiger partial charge < -0.3 is 5.32 Å². The second kappa shape index (κ2) is 8.94. The highest BCUT2D eigenvalue weighted by molar-refractivity contribution is 7.92. The summed E-state index contributed by atoms with van der Waals surface area (Å²) in [6.07, 6.45) is 0. The number of anilines is 1. The molecule has 3 aromatic carbocycles. The predicted octanol–water partition coefficient (Wildman–Crippen LogP) is 4.93. The highest BCUT2D eigenvalue weighted by Crippen LogP contribution is 2.24. The molecule has 0 saturated carbocycles. The van der Waals surface area contributed by atoms with Crippen molar-refractivity contribution in [3.8, 4) is 0 Å². The van der Waals surface area contributed by atoms with Gasteiger partial charge in [-0.1, -0.05) is 30.3 Å². The molecule has 162 valence electrons. The fourth-order valence-electron chi connectivity index (χ4n) is 3.52. The molecule has 1 atom stereocenters. The van der Waals surface area contributed by atoms with E-state index in [1.165, 1.54) is 22.5 Å². The van der Waals surface area contributed by atoms with Gasteiger partial charge in [0.25, 0.3) is 15.9 Å². The highest BCUT2D eigenvalue weighted by Gasteiger charge is 2.21. The van der Waals surface area contributed by atoms with Crippen molar-refractivity contribution in [1.82, 2.24) is 5.32 Å². The minimum atomic E-state index is -3.66. The molecular weight excluding hydrogens is 408 g/mol. The molecule has 0 aromatic heterocycles. The lowest BCUT2D eigenvalue weighted by atomic mass is 9.96. The fraction of sp³-hybridized carbons (Fsp3) is 0.240. The van der Waals surface area contributed by atoms with Gasteiger partial charge >= 0.3 is 0 Å². The summed E-state index contributed by atoms with van der Waals surface area (Å²) in [5.74, 6) is -0.203. The van der Waals surface area contributed by atoms with Crippen LogP contribution in [0.4, 0.5) is 5.69 Å². The van der Waals surface area contributed by atoms with Crippen LogP contribution in [-0.4, -0.2) is 21.4 Å². The molecule has 6 heteroatoms. The van der Waals surface area contributed by atoms with E-state index in [0.717, 1.165) is 11.1 Å². The smallest absolute Gasteiger partial charge is 0.264 e. The van der Waals surface area contributed by atoms with E-state index in [1.54, 1.807) is 54.6 Å². The summed E-state index contributed by atoms with van der Waals surface area (Å²) >= 11 is 0. The number of carbonyl (C=O) groups excluding carboxylic acids is 1. The topological polar surface area (TPSA) is 66.5 Å². The van der Waals surface area contributed by atoms with Crippen molar-refractivity contribution in [2.24, 2.45) is 0 Å². The quantitative estimate of drug-likeness (QED) is 0.596. The van der Waals surface area contributed by atoms with Gasteiger partial charge in [-0.15, -0.1) is 0 Å². The van der Waals surface area contributed by atoms with Crippen LogP contribution in [0.5, 0.6) is 0 Å². The molecule has 31 heavy (non-hydrogen) atoms. The third kappa shape index (κ3) is 4.80. The van der Waals surface area contributed by atoms with Gasteiger partial charge in [0, 0.05) is 12.6 Å². The van der Waals surface area contributed by atoms with Gasteiger partial charge in [-0.3, -0.25) is 9.10 Å². The van der Waals surface area contributed by atoms with E-state index in [-0.39, 0.29) is 16.8 Å². The van der Waals surface area contributed by atoms with Gasteiger partial charge in [-0.05, 0) is 86.3 Å². The Morgan fingerprint density at radius 3 is 2.06 bits per heavy atom. The zero-order valence-corrected chi connectivity index (χ0v) is 19.3. The minimum absolute atomic E-state index is 0.146. The molecule has 0 radical (unpaired) electrons. The molecule has 5 nitrogen and oxygen atoms in total. The van der Waals surface area contributed by atoms with Crippen LogP contribution in [0, 0.1) is 20.8 Å². The number of aryl methyl sites for hydroxylation is 3. The zero-order valence-electron chi connectivity index (χ0n) is 18.5. The Balaban J connectivity index is 1.75. The number of rotatable bonds is 6. The van der Waals surface area contributed by atoms with Gasteiger partial charge in [-0.2, -0.15) is 0 Å². The van der Waals surface area contributed by atoms with Gasteiger partial charge in [0.15, 0.2) is 0 Å². The lowest BCUT2D eigenvalue weighted by Crippen LogP contribution is -2.28. The average molecular weight is 437 g/mol. The molecular formula is C25H28N2O3S. The standard InChI is InChI=1S/C25H28N2O3S/c1-17-15-19(3)24(16-18(17)2)20(4)26-25(28)21-11-13-22(14-12-21)27(5)31(29,30)23-9-7-6-8-10-23/h6-16,20H,1-5H3,(H,26,28)/t20-/m0/s1. The largest absolute Gasteiger partial charge is 0.346 e. The van der Waals surface area contributed by atoms with Crippen molar-refractivity contribution in [3.63, 3.8) is 0 Å². The molecule has 0 fully saturated rings. The molecule has 0 heterocycles. The van der Waals surface area contributed by atoms with E-state index in [9.17, 15) is 13.2 Å². The molecule has 3 aromatic rings. The first-order valence-electron chi connectivity index (χ1n) is 10.1. The molecule has 0 saturated heterocycles. The van der Waals surface area contributed by atoms with Crippen LogP contribution in [0.2, 0.25) is 0 Å². The summed E-state index contributed by atoms with van der Waals surface area (Å²) < 4.78 is 26.8. The van der Waals surface area contributed by atoms with Crippen LogP contribution >= 0.6 is 0 Å². The Bertz CT molecular complexity index is 1190. The van der Waals surface area contributed by atoms with Crippen LogP contribution < -0.4 is 9.62 Å². The molecule has 3 rings (SSSR count). The summed E-state index contributed by atoms with van der Waals surface area (Å²) in [7, 11) is -2.16. The van der Waals surface area contributed by atoms with Crippen molar-refractivity contribution in [2.45, 2.75) is 38.6 Å². The van der Waals surface area contributed by atoms with Crippen LogP contribution in [0.25, 0.3) is 0 Å². The van der Waals surface area contributed by atoms with E-state index in [4.69, 9.17) is 0 Å². The molecule has 0 spiro atoms. The van der Waals surface area contributed by atoms with Gasteiger partial charge in [0.05, 0.1) is 16.6 Å². The molecule has 1 amide bonds. The van der Waals surface area contributed by atoms with Gasteiger partial charge in [0.1, 0.15) is 0 Å².